The van der Waals surface area contributed by atoms with Crippen molar-refractivity contribution >= 4 is 94.9 Å². The van der Waals surface area contributed by atoms with Crippen LogP contribution in [0.1, 0.15) is 36.3 Å². The number of amides is 4. The third kappa shape index (κ3) is 31.1. The number of fused-ring (bicyclic) bond motifs is 3. The molecule has 0 saturated carbocycles. The van der Waals surface area contributed by atoms with E-state index in [1.807, 2.05) is 36.4 Å². The third-order valence-corrected chi connectivity index (χ3v) is 17.3. The quantitative estimate of drug-likeness (QED) is 0.00688. The average Bonchev–Trinajstić information content (AvgIpc) is 1.61. The van der Waals surface area contributed by atoms with Crippen LogP contribution in [0.15, 0.2) is 194 Å². The van der Waals surface area contributed by atoms with Crippen LogP contribution in [0.5, 0.6) is 34.5 Å². The molecule has 4 amide bonds. The van der Waals surface area contributed by atoms with Crippen LogP contribution in [0.2, 0.25) is 0 Å². The molecule has 0 fully saturated rings. The molecule has 0 atom stereocenters. The number of nitrogens with zero attached hydrogens (tertiary/aromatic N) is 6. The van der Waals surface area contributed by atoms with Crippen LogP contribution < -0.4 is 49.7 Å². The molecule has 0 radical (unpaired) electrons. The maximum Gasteiger partial charge on any atom is 0.513 e. The van der Waals surface area contributed by atoms with Gasteiger partial charge in [-0.1, -0.05) is 48.5 Å². The van der Waals surface area contributed by atoms with E-state index in [1.54, 1.807) is 12.1 Å². The first-order chi connectivity index (χ1) is 60.9. The fourth-order valence-corrected chi connectivity index (χ4v) is 11.3. The maximum atomic E-state index is 14.6. The number of rotatable bonds is 45. The highest BCUT2D eigenvalue weighted by Gasteiger charge is 2.37. The zero-order chi connectivity index (χ0) is 91.4. The van der Waals surface area contributed by atoms with E-state index < -0.39 is 218 Å². The molecule has 0 spiro atoms. The monoisotopic (exact) mass is 1770 g/mol. The number of ether oxygens (including phenoxy) is 16. The van der Waals surface area contributed by atoms with Crippen LogP contribution in [0, 0.1) is 60.7 Å². The molecular weight excluding hydrogens is 1700 g/mol. The summed E-state index contributed by atoms with van der Waals surface area (Å²) in [6.45, 7) is -9.22. The van der Waals surface area contributed by atoms with Crippen LogP contribution >= 0.6 is 0 Å². The second kappa shape index (κ2) is 46.9. The van der Waals surface area contributed by atoms with Gasteiger partial charge in [-0.15, -0.1) is 0 Å². The van der Waals surface area contributed by atoms with E-state index in [-0.39, 0.29) is 75.2 Å². The van der Waals surface area contributed by atoms with Gasteiger partial charge in [0.05, 0.1) is 87.3 Å². The summed E-state index contributed by atoms with van der Waals surface area (Å²) in [6.07, 6.45) is -11.5. The van der Waals surface area contributed by atoms with Crippen molar-refractivity contribution in [1.82, 2.24) is 21.3 Å². The van der Waals surface area contributed by atoms with Crippen molar-refractivity contribution < 1.29 is 153 Å². The molecule has 666 valence electrons. The van der Waals surface area contributed by atoms with Crippen molar-refractivity contribution in [2.75, 3.05) is 85.9 Å². The minimum atomic E-state index is -2.05. The van der Waals surface area contributed by atoms with Crippen LogP contribution in [0.4, 0.5) is 67.7 Å². The third-order valence-electron chi connectivity index (χ3n) is 17.3. The van der Waals surface area contributed by atoms with E-state index in [4.69, 9.17) is 75.8 Å². The van der Waals surface area contributed by atoms with Crippen LogP contribution in [-0.4, -0.2) is 200 Å². The number of nitro groups is 6. The zero-order valence-electron chi connectivity index (χ0n) is 65.8. The van der Waals surface area contributed by atoms with Crippen molar-refractivity contribution in [3.05, 3.63) is 266 Å². The van der Waals surface area contributed by atoms with Crippen LogP contribution in [-0.2, 0) is 61.8 Å². The number of benzene rings is 8. The summed E-state index contributed by atoms with van der Waals surface area (Å²) >= 11 is 0. The van der Waals surface area contributed by atoms with Gasteiger partial charge in [-0.2, -0.15) is 0 Å². The van der Waals surface area contributed by atoms with E-state index in [0.29, 0.717) is 0 Å². The Bertz CT molecular complexity index is 4570. The SMILES string of the molecule is O=C(CCOCC(COCCC(=O)NC(COC(=O)Oc1ccc([N+](=O)[O-])cc1)COC(=O)Oc1ccc([N+](=O)[O-])cc1)(COCCC(=O)NC(COC(=O)Oc1ccc([N+](=O)[O-])cc1)COC(=O)Oc1ccc([N+](=O)[O-])cc1)NC(=O)OCC1c2ccccc2-c2ccccc21)NC(COC(=O)Oc1ccc([N+](=O)[O-])cc1)COC(=O)Oc1ccc([N+](=O)[O-])cc1. The number of hydrogen-bond donors (Lipinski definition) is 4. The van der Waals surface area contributed by atoms with Gasteiger partial charge in [-0.25, -0.2) is 33.6 Å². The first kappa shape index (κ1) is 94.2. The Kier molecular flexibility index (Phi) is 34.8. The van der Waals surface area contributed by atoms with Gasteiger partial charge < -0.3 is 97.1 Å². The summed E-state index contributed by atoms with van der Waals surface area (Å²) in [5.41, 5.74) is -0.918. The normalized spacial score (nSPS) is 11.2. The summed E-state index contributed by atoms with van der Waals surface area (Å²) in [5.74, 6) is -4.59. The van der Waals surface area contributed by atoms with Gasteiger partial charge in [-0.05, 0) is 95.1 Å². The van der Waals surface area contributed by atoms with Gasteiger partial charge in [-0.3, -0.25) is 75.1 Å². The number of non-ortho nitro benzene ring substituents is 6. The second-order valence-electron chi connectivity index (χ2n) is 26.4. The molecule has 4 N–H and O–H groups in total. The number of carbonyl (C=O) groups is 10. The Morgan fingerprint density at radius 3 is 0.724 bits per heavy atom. The molecule has 8 aromatic carbocycles. The summed E-state index contributed by atoms with van der Waals surface area (Å²) in [5, 5.41) is 77.5. The van der Waals surface area contributed by atoms with Gasteiger partial charge in [0, 0.05) is 98.0 Å². The van der Waals surface area contributed by atoms with Crippen LogP contribution in [0.25, 0.3) is 11.1 Å². The smallest absolute Gasteiger partial charge is 0.449 e. The molecule has 1 aliphatic carbocycles. The number of nitro benzene ring substituents is 6. The maximum absolute atomic E-state index is 14.6. The lowest BCUT2D eigenvalue weighted by Crippen LogP contribution is -2.59. The minimum absolute atomic E-state index is 0.215. The van der Waals surface area contributed by atoms with Gasteiger partial charge in [0.1, 0.15) is 86.3 Å². The molecule has 0 aromatic heterocycles. The summed E-state index contributed by atoms with van der Waals surface area (Å²) in [6, 6.07) is 35.4. The molecule has 9 rings (SSSR count). The number of alkyl carbamates (subject to hydrolysis) is 1. The highest BCUT2D eigenvalue weighted by molar-refractivity contribution is 5.80. The topological polar surface area (TPSA) is 625 Å². The van der Waals surface area contributed by atoms with E-state index >= 15 is 0 Å². The van der Waals surface area contributed by atoms with E-state index in [0.717, 1.165) is 168 Å². The summed E-state index contributed by atoms with van der Waals surface area (Å²) in [4.78, 5) is 197. The lowest BCUT2D eigenvalue weighted by atomic mass is 9.98. The Labute approximate surface area is 713 Å². The van der Waals surface area contributed by atoms with E-state index in [9.17, 15) is 109 Å². The number of hydrogen-bond acceptors (Lipinski definition) is 38. The highest BCUT2D eigenvalue weighted by atomic mass is 16.8. The molecule has 8 aromatic rings. The first-order valence-corrected chi connectivity index (χ1v) is 37.2. The number of carbonyl (C=O) groups excluding carboxylic acids is 10. The molecular formula is C79H72N10O38. The predicted molar refractivity (Wildman–Crippen MR) is 423 cm³/mol. The minimum Gasteiger partial charge on any atom is -0.449 e. The lowest BCUT2D eigenvalue weighted by Gasteiger charge is -2.34. The van der Waals surface area contributed by atoms with Crippen molar-refractivity contribution in [2.45, 2.75) is 48.8 Å². The molecule has 0 bridgehead atoms. The van der Waals surface area contributed by atoms with Crippen molar-refractivity contribution in [1.29, 1.82) is 0 Å². The van der Waals surface area contributed by atoms with E-state index in [1.165, 1.54) is 0 Å². The van der Waals surface area contributed by atoms with Gasteiger partial charge in [0.2, 0.25) is 17.7 Å². The zero-order valence-corrected chi connectivity index (χ0v) is 65.8. The van der Waals surface area contributed by atoms with Gasteiger partial charge in [0.15, 0.2) is 0 Å². The molecule has 48 nitrogen and oxygen atoms in total. The largest absolute Gasteiger partial charge is 0.513 e. The van der Waals surface area contributed by atoms with E-state index in [2.05, 4.69) is 21.3 Å². The standard InChI is InChI=1S/C79H72N10O38/c90-69(80-49(39-116-73(94)122-58-21-9-52(10-22-58)84(100)101)40-117-74(95)123-59-23-11-53(12-24-59)85(102)103)33-36-112-46-79(83-72(93)115-45-68-66-7-3-1-5-64(66)65-6-2-4-8-67(65)68,47-113-37-34-70(91)81-50(41-118-75(96)124-60-25-13-54(14-26-60)86(104)105)42-119-76(97)125-61-27-15-55(16-28-61)87(106)107)48-114-38-35-71(92)82-51(43-120-77(98)126-62-29-17-56(18-30-62)88(108)109)44-121-78(99)127-63-31-19-57(20-32-63)89(110)111/h1-32,49-51,68H,33-48H2,(H,80,90)(H,81,91)(H,82,92)(H,83,93). The average molecular weight is 1770 g/mol. The molecule has 48 heteroatoms. The second-order valence-corrected chi connectivity index (χ2v) is 26.4. The number of nitrogens with one attached hydrogen (secondary N) is 4. The molecule has 0 aliphatic heterocycles. The molecule has 0 unspecified atom stereocenters. The van der Waals surface area contributed by atoms with Crippen molar-refractivity contribution in [2.24, 2.45) is 0 Å². The van der Waals surface area contributed by atoms with Gasteiger partial charge >= 0.3 is 43.0 Å². The summed E-state index contributed by atoms with van der Waals surface area (Å²) < 4.78 is 86.0. The van der Waals surface area contributed by atoms with Crippen molar-refractivity contribution in [3.63, 3.8) is 0 Å². The molecule has 1 aliphatic rings. The molecule has 0 heterocycles. The molecule has 0 saturated heterocycles. The lowest BCUT2D eigenvalue weighted by molar-refractivity contribution is -0.385. The Morgan fingerprint density at radius 2 is 0.512 bits per heavy atom. The summed E-state index contributed by atoms with van der Waals surface area (Å²) in [7, 11) is 0. The highest BCUT2D eigenvalue weighted by Crippen LogP contribution is 2.45. The van der Waals surface area contributed by atoms with Crippen LogP contribution in [0.3, 0.4) is 0 Å². The fraction of sp³-hybridized carbons (Fsp3) is 0.266. The Morgan fingerprint density at radius 1 is 0.299 bits per heavy atom. The fourth-order valence-electron chi connectivity index (χ4n) is 11.3. The predicted octanol–water partition coefficient (Wildman–Crippen LogP) is 10.7. The van der Waals surface area contributed by atoms with Crippen molar-refractivity contribution in [3.8, 4) is 45.6 Å². The first-order valence-electron chi connectivity index (χ1n) is 37.2. The molecule has 127 heavy (non-hydrogen) atoms. The Hall–Kier alpha value is -16.7. The Balaban J connectivity index is 0.943. The van der Waals surface area contributed by atoms with Gasteiger partial charge in [0.25, 0.3) is 34.1 Å².